The van der Waals surface area contributed by atoms with Gasteiger partial charge in [0.1, 0.15) is 5.76 Å². The molecule has 0 N–H and O–H groups in total. The number of hydrogen-bond donors (Lipinski definition) is 0. The van der Waals surface area contributed by atoms with E-state index >= 15 is 0 Å². The highest BCUT2D eigenvalue weighted by Crippen LogP contribution is 2.26. The number of carbonyl (C=O) groups excluding carboxylic acids is 1. The largest absolute Gasteiger partial charge is 0.467 e. The smallest absolute Gasteiger partial charge is 0.244 e. The Labute approximate surface area is 230 Å². The Kier molecular flexibility index (Phi) is 9.31. The summed E-state index contributed by atoms with van der Waals surface area (Å²) in [5.74, 6) is 0.384. The molecule has 39 heavy (non-hydrogen) atoms. The molecule has 2 aliphatic rings. The summed E-state index contributed by atoms with van der Waals surface area (Å²) in [6, 6.07) is 16.3. The molecule has 9 nitrogen and oxygen atoms in total. The van der Waals surface area contributed by atoms with Crippen LogP contribution in [0.5, 0.6) is 0 Å². The Bertz CT molecular complexity index is 1310. The molecule has 2 saturated heterocycles. The van der Waals surface area contributed by atoms with Gasteiger partial charge in [-0.1, -0.05) is 36.4 Å². The number of fused-ring (bicyclic) bond motifs is 1. The first kappa shape index (κ1) is 27.8. The van der Waals surface area contributed by atoms with E-state index in [1.165, 1.54) is 4.31 Å². The quantitative estimate of drug-likeness (QED) is 0.338. The van der Waals surface area contributed by atoms with Crippen molar-refractivity contribution < 1.29 is 27.1 Å². The Morgan fingerprint density at radius 2 is 1.82 bits per heavy atom. The van der Waals surface area contributed by atoms with E-state index in [-0.39, 0.29) is 36.5 Å². The van der Waals surface area contributed by atoms with Crippen LogP contribution in [0, 0.1) is 0 Å². The van der Waals surface area contributed by atoms with Crippen LogP contribution in [0.3, 0.4) is 0 Å². The molecule has 10 heteroatoms. The molecule has 0 saturated carbocycles. The molecule has 3 heterocycles. The Morgan fingerprint density at radius 1 is 1.00 bits per heavy atom. The number of hydrogen-bond acceptors (Lipinski definition) is 7. The Hall–Kier alpha value is -2.76. The van der Waals surface area contributed by atoms with Crippen molar-refractivity contribution in [1.82, 2.24) is 14.1 Å². The van der Waals surface area contributed by atoms with Crippen LogP contribution in [0.2, 0.25) is 0 Å². The molecule has 210 valence electrons. The first-order chi connectivity index (χ1) is 19.0. The molecule has 0 bridgehead atoms. The summed E-state index contributed by atoms with van der Waals surface area (Å²) in [6.45, 7) is 5.09. The number of morpholine rings is 1. The van der Waals surface area contributed by atoms with Gasteiger partial charge in [0, 0.05) is 38.2 Å². The highest BCUT2D eigenvalue weighted by Gasteiger charge is 2.31. The number of carbonyl (C=O) groups is 1. The number of furan rings is 1. The van der Waals surface area contributed by atoms with E-state index in [0.29, 0.717) is 43.9 Å². The molecular weight excluding hydrogens is 518 g/mol. The Balaban J connectivity index is 1.38. The van der Waals surface area contributed by atoms with E-state index in [1.807, 2.05) is 36.4 Å². The molecular formula is C29H37N3O6S. The fourth-order valence-corrected chi connectivity index (χ4v) is 6.91. The fraction of sp³-hybridized carbons (Fsp3) is 0.483. The van der Waals surface area contributed by atoms with Crippen molar-refractivity contribution in [3.63, 3.8) is 0 Å². The zero-order chi connectivity index (χ0) is 27.1. The minimum Gasteiger partial charge on any atom is -0.467 e. The number of nitrogens with zero attached hydrogens (tertiary/aromatic N) is 3. The summed E-state index contributed by atoms with van der Waals surface area (Å²) < 4.78 is 46.4. The maximum absolute atomic E-state index is 14.1. The van der Waals surface area contributed by atoms with Crippen LogP contribution in [-0.4, -0.2) is 93.6 Å². The van der Waals surface area contributed by atoms with Gasteiger partial charge in [-0.15, -0.1) is 0 Å². The normalized spacial score (nSPS) is 18.6. The Morgan fingerprint density at radius 3 is 2.59 bits per heavy atom. The summed E-state index contributed by atoms with van der Waals surface area (Å²) in [5, 5.41) is 1.49. The molecule has 1 amide bonds. The van der Waals surface area contributed by atoms with Gasteiger partial charge >= 0.3 is 0 Å². The van der Waals surface area contributed by atoms with Crippen LogP contribution in [0.4, 0.5) is 0 Å². The van der Waals surface area contributed by atoms with Gasteiger partial charge in [0.25, 0.3) is 0 Å². The van der Waals surface area contributed by atoms with Gasteiger partial charge in [-0.25, -0.2) is 8.42 Å². The van der Waals surface area contributed by atoms with E-state index in [2.05, 4.69) is 4.90 Å². The summed E-state index contributed by atoms with van der Waals surface area (Å²) >= 11 is 0. The molecule has 1 unspecified atom stereocenters. The van der Waals surface area contributed by atoms with Crippen LogP contribution in [0.15, 0.2) is 70.2 Å². The van der Waals surface area contributed by atoms with Gasteiger partial charge in [0.05, 0.1) is 43.6 Å². The van der Waals surface area contributed by atoms with Gasteiger partial charge in [0.15, 0.2) is 0 Å². The summed E-state index contributed by atoms with van der Waals surface area (Å²) in [5.41, 5.74) is 0. The predicted octanol–water partition coefficient (Wildman–Crippen LogP) is 3.35. The van der Waals surface area contributed by atoms with E-state index in [1.54, 1.807) is 29.4 Å². The highest BCUT2D eigenvalue weighted by molar-refractivity contribution is 7.89. The number of benzene rings is 2. The van der Waals surface area contributed by atoms with Gasteiger partial charge in [0.2, 0.25) is 15.9 Å². The minimum absolute atomic E-state index is 0.0617. The van der Waals surface area contributed by atoms with Crippen molar-refractivity contribution in [2.45, 2.75) is 36.8 Å². The lowest BCUT2D eigenvalue weighted by Gasteiger charge is -2.30. The van der Waals surface area contributed by atoms with Crippen LogP contribution < -0.4 is 0 Å². The number of sulfonamides is 1. The SMILES string of the molecule is O=C(CN(CCCN1CCOCC1)S(=O)(=O)c1cccc2ccccc12)N(Cc1ccco1)CC1CCCO1. The number of ether oxygens (including phenoxy) is 2. The zero-order valence-corrected chi connectivity index (χ0v) is 23.1. The van der Waals surface area contributed by atoms with Crippen molar-refractivity contribution >= 4 is 26.7 Å². The van der Waals surface area contributed by atoms with Gasteiger partial charge < -0.3 is 18.8 Å². The summed E-state index contributed by atoms with van der Waals surface area (Å²) in [4.78, 5) is 17.9. The monoisotopic (exact) mass is 555 g/mol. The molecule has 0 aliphatic carbocycles. The summed E-state index contributed by atoms with van der Waals surface area (Å²) in [7, 11) is -3.96. The average Bonchev–Trinajstić information content (AvgIpc) is 3.67. The molecule has 1 aromatic heterocycles. The maximum atomic E-state index is 14.1. The third-order valence-corrected chi connectivity index (χ3v) is 9.30. The topological polar surface area (TPSA) is 92.5 Å². The van der Waals surface area contributed by atoms with Crippen molar-refractivity contribution in [3.05, 3.63) is 66.6 Å². The molecule has 2 aromatic carbocycles. The molecule has 3 aromatic rings. The number of rotatable bonds is 12. The average molecular weight is 556 g/mol. The molecule has 2 fully saturated rings. The minimum atomic E-state index is -3.96. The van der Waals surface area contributed by atoms with E-state index in [0.717, 1.165) is 37.9 Å². The maximum Gasteiger partial charge on any atom is 0.244 e. The lowest BCUT2D eigenvalue weighted by Crippen LogP contribution is -2.46. The van der Waals surface area contributed by atoms with Crippen LogP contribution >= 0.6 is 0 Å². The van der Waals surface area contributed by atoms with Crippen molar-refractivity contribution in [2.24, 2.45) is 0 Å². The van der Waals surface area contributed by atoms with Crippen LogP contribution in [0.25, 0.3) is 10.8 Å². The molecule has 5 rings (SSSR count). The highest BCUT2D eigenvalue weighted by atomic mass is 32.2. The van der Waals surface area contributed by atoms with E-state index < -0.39 is 10.0 Å². The third-order valence-electron chi connectivity index (χ3n) is 7.39. The predicted molar refractivity (Wildman–Crippen MR) is 148 cm³/mol. The summed E-state index contributed by atoms with van der Waals surface area (Å²) in [6.07, 6.45) is 3.96. The second-order valence-electron chi connectivity index (χ2n) is 10.1. The third kappa shape index (κ3) is 7.06. The van der Waals surface area contributed by atoms with Gasteiger partial charge in [-0.05, 0) is 49.4 Å². The van der Waals surface area contributed by atoms with E-state index in [9.17, 15) is 13.2 Å². The van der Waals surface area contributed by atoms with Crippen molar-refractivity contribution in [3.8, 4) is 0 Å². The van der Waals surface area contributed by atoms with Gasteiger partial charge in [-0.2, -0.15) is 4.31 Å². The first-order valence-electron chi connectivity index (χ1n) is 13.7. The molecule has 1 atom stereocenters. The molecule has 0 spiro atoms. The molecule has 2 aliphatic heterocycles. The number of amides is 1. The van der Waals surface area contributed by atoms with Crippen molar-refractivity contribution in [2.75, 3.05) is 59.1 Å². The zero-order valence-electron chi connectivity index (χ0n) is 22.2. The second kappa shape index (κ2) is 13.1. The van der Waals surface area contributed by atoms with Crippen LogP contribution in [0.1, 0.15) is 25.0 Å². The second-order valence-corrected chi connectivity index (χ2v) is 12.0. The van der Waals surface area contributed by atoms with E-state index in [4.69, 9.17) is 13.9 Å². The first-order valence-corrected chi connectivity index (χ1v) is 15.1. The standard InChI is InChI=1S/C29H37N3O6S/c33-29(31(21-25-9-4-17-37-25)22-26-10-5-18-38-26)23-32(14-6-13-30-15-19-36-20-16-30)39(34,35)28-12-3-8-24-7-1-2-11-27(24)28/h1-4,7-9,11-12,17,26H,5-6,10,13-16,18-23H2. The molecule has 0 radical (unpaired) electrons. The fourth-order valence-electron chi connectivity index (χ4n) is 5.27. The van der Waals surface area contributed by atoms with Crippen LogP contribution in [-0.2, 0) is 30.8 Å². The van der Waals surface area contributed by atoms with Gasteiger partial charge in [-0.3, -0.25) is 9.69 Å². The lowest BCUT2D eigenvalue weighted by molar-refractivity contribution is -0.134. The lowest BCUT2D eigenvalue weighted by atomic mass is 10.1. The van der Waals surface area contributed by atoms with Crippen molar-refractivity contribution in [1.29, 1.82) is 0 Å².